The molecule has 0 bridgehead atoms. The molecule has 0 fully saturated rings. The Morgan fingerprint density at radius 1 is 1.19 bits per heavy atom. The summed E-state index contributed by atoms with van der Waals surface area (Å²) in [5, 5.41) is 0.754. The summed E-state index contributed by atoms with van der Waals surface area (Å²) in [7, 11) is -3.69. The van der Waals surface area contributed by atoms with Crippen molar-refractivity contribution in [2.75, 3.05) is 0 Å². The second-order valence-electron chi connectivity index (χ2n) is 4.87. The van der Waals surface area contributed by atoms with Crippen molar-refractivity contribution in [3.63, 3.8) is 0 Å². The maximum atomic E-state index is 12.9. The monoisotopic (exact) mass is 301 g/mol. The molecule has 2 aromatic heterocycles. The summed E-state index contributed by atoms with van der Waals surface area (Å²) in [5.74, 6) is 0. The van der Waals surface area contributed by atoms with Crippen LogP contribution in [0.3, 0.4) is 0 Å². The first kappa shape index (κ1) is 13.8. The minimum absolute atomic E-state index is 0.237. The second kappa shape index (κ2) is 4.98. The van der Waals surface area contributed by atoms with E-state index in [1.165, 1.54) is 3.97 Å². The molecule has 0 spiro atoms. The van der Waals surface area contributed by atoms with E-state index in [9.17, 15) is 8.42 Å². The quantitative estimate of drug-likeness (QED) is 0.805. The highest BCUT2D eigenvalue weighted by Gasteiger charge is 2.24. The summed E-state index contributed by atoms with van der Waals surface area (Å²) in [6, 6.07) is 11.4. The van der Waals surface area contributed by atoms with Gasteiger partial charge in [-0.3, -0.25) is 4.98 Å². The van der Waals surface area contributed by atoms with Gasteiger partial charge in [-0.05, 0) is 31.2 Å². The molecule has 3 aromatic rings. The van der Waals surface area contributed by atoms with E-state index in [0.29, 0.717) is 11.2 Å². The van der Waals surface area contributed by atoms with Crippen molar-refractivity contribution in [3.05, 3.63) is 60.6 Å². The van der Waals surface area contributed by atoms with Crippen molar-refractivity contribution < 1.29 is 8.42 Å². The van der Waals surface area contributed by atoms with Gasteiger partial charge >= 0.3 is 0 Å². The van der Waals surface area contributed by atoms with Crippen LogP contribution in [-0.4, -0.2) is 17.4 Å². The van der Waals surface area contributed by atoms with Crippen LogP contribution in [0.2, 0.25) is 0 Å². The molecule has 0 amide bonds. The number of nitrogens with zero attached hydrogens (tertiary/aromatic N) is 2. The fourth-order valence-electron chi connectivity index (χ4n) is 2.34. The molecular weight excluding hydrogens is 286 g/mol. The Kier molecular flexibility index (Phi) is 3.27. The molecule has 0 aliphatic carbocycles. The van der Waals surface area contributed by atoms with Gasteiger partial charge in [-0.25, -0.2) is 12.4 Å². The van der Waals surface area contributed by atoms with Crippen LogP contribution in [0.15, 0.2) is 59.8 Å². The minimum atomic E-state index is -3.69. The van der Waals surface area contributed by atoms with Crippen molar-refractivity contribution in [1.82, 2.24) is 8.96 Å². The molecule has 0 aliphatic heterocycles. The van der Waals surface area contributed by atoms with Crippen LogP contribution < -0.4 is 5.73 Å². The summed E-state index contributed by atoms with van der Waals surface area (Å²) in [6.45, 7) is 1.76. The standard InChI is InChI=1S/C15H15N3O2S/c1-11(16)15-9-12-10-17-8-7-14(12)18(15)21(19,20)13-5-3-2-4-6-13/h2-11H,16H2,1H3/t11-/m1/s1. The summed E-state index contributed by atoms with van der Waals surface area (Å²) < 4.78 is 27.2. The Bertz CT molecular complexity index is 884. The molecule has 108 valence electrons. The van der Waals surface area contributed by atoms with Crippen molar-refractivity contribution in [2.45, 2.75) is 17.9 Å². The lowest BCUT2D eigenvalue weighted by atomic mass is 10.2. The zero-order valence-electron chi connectivity index (χ0n) is 11.5. The number of fused-ring (bicyclic) bond motifs is 1. The Morgan fingerprint density at radius 2 is 1.90 bits per heavy atom. The number of hydrogen-bond donors (Lipinski definition) is 1. The molecule has 21 heavy (non-hydrogen) atoms. The number of hydrogen-bond acceptors (Lipinski definition) is 4. The van der Waals surface area contributed by atoms with Crippen molar-refractivity contribution in [3.8, 4) is 0 Å². The Balaban J connectivity index is 2.36. The van der Waals surface area contributed by atoms with Gasteiger partial charge in [0.15, 0.2) is 0 Å². The number of aromatic nitrogens is 2. The summed E-state index contributed by atoms with van der Waals surface area (Å²) in [4.78, 5) is 4.27. The van der Waals surface area contributed by atoms with Gasteiger partial charge in [0.2, 0.25) is 0 Å². The third-order valence-corrected chi connectivity index (χ3v) is 5.09. The molecule has 6 heteroatoms. The van der Waals surface area contributed by atoms with Crippen molar-refractivity contribution in [1.29, 1.82) is 0 Å². The Labute approximate surface area is 123 Å². The fraction of sp³-hybridized carbons (Fsp3) is 0.133. The van der Waals surface area contributed by atoms with Gasteiger partial charge in [0.05, 0.1) is 16.1 Å². The SMILES string of the molecule is C[C@@H](N)c1cc2cnccc2n1S(=O)(=O)c1ccccc1. The third-order valence-electron chi connectivity index (χ3n) is 3.33. The van der Waals surface area contributed by atoms with E-state index < -0.39 is 16.1 Å². The number of pyridine rings is 1. The summed E-state index contributed by atoms with van der Waals surface area (Å²) in [6.07, 6.45) is 3.21. The largest absolute Gasteiger partial charge is 0.323 e. The molecule has 0 radical (unpaired) electrons. The predicted octanol–water partition coefficient (Wildman–Crippen LogP) is 2.29. The topological polar surface area (TPSA) is 78.0 Å². The van der Waals surface area contributed by atoms with E-state index in [0.717, 1.165) is 5.39 Å². The van der Waals surface area contributed by atoms with Crippen molar-refractivity contribution >= 4 is 20.9 Å². The van der Waals surface area contributed by atoms with Crippen LogP contribution in [0, 0.1) is 0 Å². The Morgan fingerprint density at radius 3 is 2.57 bits per heavy atom. The lowest BCUT2D eigenvalue weighted by Crippen LogP contribution is -2.19. The van der Waals surface area contributed by atoms with Gasteiger partial charge < -0.3 is 5.73 Å². The smallest absolute Gasteiger partial charge is 0.268 e. The maximum Gasteiger partial charge on any atom is 0.268 e. The minimum Gasteiger partial charge on any atom is -0.323 e. The molecule has 0 aliphatic rings. The first-order valence-corrected chi connectivity index (χ1v) is 7.97. The van der Waals surface area contributed by atoms with Gasteiger partial charge in [-0.1, -0.05) is 18.2 Å². The average Bonchev–Trinajstić information content (AvgIpc) is 2.88. The normalized spacial score (nSPS) is 13.4. The molecule has 3 rings (SSSR count). The molecule has 0 unspecified atom stereocenters. The molecule has 2 N–H and O–H groups in total. The highest BCUT2D eigenvalue weighted by molar-refractivity contribution is 7.90. The summed E-state index contributed by atoms with van der Waals surface area (Å²) >= 11 is 0. The lowest BCUT2D eigenvalue weighted by Gasteiger charge is -2.13. The highest BCUT2D eigenvalue weighted by Crippen LogP contribution is 2.27. The van der Waals surface area contributed by atoms with Crippen LogP contribution in [0.25, 0.3) is 10.9 Å². The molecule has 1 atom stereocenters. The van der Waals surface area contributed by atoms with E-state index in [1.807, 2.05) is 0 Å². The van der Waals surface area contributed by atoms with Gasteiger partial charge in [0, 0.05) is 23.8 Å². The van der Waals surface area contributed by atoms with Crippen LogP contribution in [-0.2, 0) is 10.0 Å². The van der Waals surface area contributed by atoms with E-state index in [2.05, 4.69) is 4.98 Å². The van der Waals surface area contributed by atoms with Crippen LogP contribution in [0.5, 0.6) is 0 Å². The van der Waals surface area contributed by atoms with Gasteiger partial charge in [0.1, 0.15) is 0 Å². The fourth-order valence-corrected chi connectivity index (χ4v) is 3.97. The zero-order chi connectivity index (χ0) is 15.0. The Hall–Kier alpha value is -2.18. The number of nitrogens with two attached hydrogens (primary N) is 1. The molecule has 1 aromatic carbocycles. The van der Waals surface area contributed by atoms with Crippen LogP contribution >= 0.6 is 0 Å². The first-order chi connectivity index (χ1) is 10.0. The second-order valence-corrected chi connectivity index (χ2v) is 6.66. The van der Waals surface area contributed by atoms with Crippen molar-refractivity contribution in [2.24, 2.45) is 5.73 Å². The van der Waals surface area contributed by atoms with E-state index in [4.69, 9.17) is 5.73 Å². The van der Waals surface area contributed by atoms with E-state index >= 15 is 0 Å². The maximum absolute atomic E-state index is 12.9. The van der Waals surface area contributed by atoms with Crippen LogP contribution in [0.4, 0.5) is 0 Å². The molecule has 0 saturated heterocycles. The van der Waals surface area contributed by atoms with Crippen LogP contribution in [0.1, 0.15) is 18.7 Å². The van der Waals surface area contributed by atoms with Gasteiger partial charge in [-0.15, -0.1) is 0 Å². The predicted molar refractivity (Wildman–Crippen MR) is 81.4 cm³/mol. The lowest BCUT2D eigenvalue weighted by molar-refractivity contribution is 0.584. The van der Waals surface area contributed by atoms with Gasteiger partial charge in [0.25, 0.3) is 10.0 Å². The molecular formula is C15H15N3O2S. The first-order valence-electron chi connectivity index (χ1n) is 6.53. The molecule has 2 heterocycles. The van der Waals surface area contributed by atoms with Gasteiger partial charge in [-0.2, -0.15) is 0 Å². The molecule has 5 nitrogen and oxygen atoms in total. The highest BCUT2D eigenvalue weighted by atomic mass is 32.2. The molecule has 0 saturated carbocycles. The number of benzene rings is 1. The average molecular weight is 301 g/mol. The summed E-state index contributed by atoms with van der Waals surface area (Å²) in [5.41, 5.74) is 7.08. The van der Waals surface area contributed by atoms with E-state index in [-0.39, 0.29) is 4.90 Å². The third kappa shape index (κ3) is 2.22. The number of rotatable bonds is 3. The zero-order valence-corrected chi connectivity index (χ0v) is 12.3. The van der Waals surface area contributed by atoms with E-state index in [1.54, 1.807) is 61.8 Å².